The summed E-state index contributed by atoms with van der Waals surface area (Å²) in [6.07, 6.45) is 0.555. The van der Waals surface area contributed by atoms with Crippen molar-refractivity contribution in [3.63, 3.8) is 0 Å². The maximum atomic E-state index is 10.7. The van der Waals surface area contributed by atoms with Gasteiger partial charge < -0.3 is 20.7 Å². The molecule has 2 atom stereocenters. The minimum atomic E-state index is -0.990. The molecular weight excluding hydrogens is 218 g/mol. The normalized spacial score (nSPS) is 16.3. The smallest absolute Gasteiger partial charge is 0.160 e. The van der Waals surface area contributed by atoms with Gasteiger partial charge in [-0.3, -0.25) is 0 Å². The van der Waals surface area contributed by atoms with Crippen molar-refractivity contribution in [2.24, 2.45) is 11.7 Å². The first kappa shape index (κ1) is 13.8. The number of rotatable bonds is 5. The van der Waals surface area contributed by atoms with E-state index in [1.165, 1.54) is 13.2 Å². The van der Waals surface area contributed by atoms with Gasteiger partial charge in [0.15, 0.2) is 11.5 Å². The third-order valence-electron chi connectivity index (χ3n) is 3.39. The van der Waals surface area contributed by atoms with Gasteiger partial charge in [0.05, 0.1) is 12.7 Å². The van der Waals surface area contributed by atoms with Gasteiger partial charge in [-0.1, -0.05) is 19.9 Å². The van der Waals surface area contributed by atoms with Crippen LogP contribution in [0.25, 0.3) is 0 Å². The summed E-state index contributed by atoms with van der Waals surface area (Å²) >= 11 is 0. The van der Waals surface area contributed by atoms with Crippen LogP contribution in [0.3, 0.4) is 0 Å². The maximum absolute atomic E-state index is 10.7. The molecule has 0 aliphatic rings. The Morgan fingerprint density at radius 1 is 1.47 bits per heavy atom. The van der Waals surface area contributed by atoms with Crippen LogP contribution in [-0.4, -0.2) is 23.9 Å². The number of hydrogen-bond donors (Lipinski definition) is 3. The molecule has 1 aromatic carbocycles. The summed E-state index contributed by atoms with van der Waals surface area (Å²) in [4.78, 5) is 0. The molecule has 0 bridgehead atoms. The number of phenols is 1. The molecule has 4 heteroatoms. The fourth-order valence-corrected chi connectivity index (χ4v) is 1.98. The molecule has 4 nitrogen and oxygen atoms in total. The van der Waals surface area contributed by atoms with Gasteiger partial charge in [0, 0.05) is 5.92 Å². The number of aliphatic hydroxyl groups is 1. The SMILES string of the molecule is CCC(O)(c1ccc(O)c(OC)c1)C(C)CN. The van der Waals surface area contributed by atoms with Crippen LogP contribution in [0.15, 0.2) is 18.2 Å². The third kappa shape index (κ3) is 2.53. The first-order valence-electron chi connectivity index (χ1n) is 5.79. The average molecular weight is 239 g/mol. The Labute approximate surface area is 102 Å². The van der Waals surface area contributed by atoms with E-state index in [1.807, 2.05) is 13.8 Å². The van der Waals surface area contributed by atoms with Crippen LogP contribution in [-0.2, 0) is 5.60 Å². The highest BCUT2D eigenvalue weighted by Crippen LogP contribution is 2.37. The van der Waals surface area contributed by atoms with Crippen LogP contribution in [0.2, 0.25) is 0 Å². The predicted molar refractivity (Wildman–Crippen MR) is 67.1 cm³/mol. The van der Waals surface area contributed by atoms with Crippen molar-refractivity contribution in [1.82, 2.24) is 0 Å². The standard InChI is InChI=1S/C13H21NO3/c1-4-13(16,9(2)8-14)10-5-6-11(15)12(7-10)17-3/h5-7,9,15-16H,4,8,14H2,1-3H3. The summed E-state index contributed by atoms with van der Waals surface area (Å²) in [6, 6.07) is 4.89. The number of benzene rings is 1. The molecule has 96 valence electrons. The van der Waals surface area contributed by atoms with Crippen molar-refractivity contribution in [1.29, 1.82) is 0 Å². The molecule has 17 heavy (non-hydrogen) atoms. The van der Waals surface area contributed by atoms with Crippen LogP contribution in [0.1, 0.15) is 25.8 Å². The first-order chi connectivity index (χ1) is 7.99. The monoisotopic (exact) mass is 239 g/mol. The Kier molecular flexibility index (Phi) is 4.37. The summed E-state index contributed by atoms with van der Waals surface area (Å²) < 4.78 is 5.05. The molecule has 0 aromatic heterocycles. The van der Waals surface area contributed by atoms with Gasteiger partial charge in [-0.25, -0.2) is 0 Å². The van der Waals surface area contributed by atoms with Crippen LogP contribution < -0.4 is 10.5 Å². The van der Waals surface area contributed by atoms with Crippen molar-refractivity contribution >= 4 is 0 Å². The molecule has 4 N–H and O–H groups in total. The number of phenolic OH excluding ortho intramolecular Hbond substituents is 1. The van der Waals surface area contributed by atoms with Crippen molar-refractivity contribution in [2.45, 2.75) is 25.9 Å². The van der Waals surface area contributed by atoms with Crippen molar-refractivity contribution in [3.05, 3.63) is 23.8 Å². The van der Waals surface area contributed by atoms with Crippen molar-refractivity contribution in [3.8, 4) is 11.5 Å². The van der Waals surface area contributed by atoms with Gasteiger partial charge in [0.2, 0.25) is 0 Å². The molecule has 0 heterocycles. The van der Waals surface area contributed by atoms with E-state index < -0.39 is 5.60 Å². The lowest BCUT2D eigenvalue weighted by Crippen LogP contribution is -2.37. The zero-order chi connectivity index (χ0) is 13.1. The fourth-order valence-electron chi connectivity index (χ4n) is 1.98. The van der Waals surface area contributed by atoms with E-state index in [1.54, 1.807) is 12.1 Å². The van der Waals surface area contributed by atoms with E-state index in [0.717, 1.165) is 0 Å². The zero-order valence-corrected chi connectivity index (χ0v) is 10.6. The van der Waals surface area contributed by atoms with Crippen LogP contribution in [0.4, 0.5) is 0 Å². The Morgan fingerprint density at radius 2 is 2.12 bits per heavy atom. The quantitative estimate of drug-likeness (QED) is 0.729. The van der Waals surface area contributed by atoms with E-state index in [4.69, 9.17) is 10.5 Å². The molecule has 1 aromatic rings. The Bertz CT molecular complexity index is 381. The minimum absolute atomic E-state index is 0.0649. The first-order valence-corrected chi connectivity index (χ1v) is 5.79. The van der Waals surface area contributed by atoms with Crippen LogP contribution in [0, 0.1) is 5.92 Å². The number of hydrogen-bond acceptors (Lipinski definition) is 4. The zero-order valence-electron chi connectivity index (χ0n) is 10.6. The third-order valence-corrected chi connectivity index (χ3v) is 3.39. The molecule has 0 spiro atoms. The van der Waals surface area contributed by atoms with Gasteiger partial charge in [0.25, 0.3) is 0 Å². The second-order valence-electron chi connectivity index (χ2n) is 4.30. The van der Waals surface area contributed by atoms with E-state index >= 15 is 0 Å². The molecule has 2 unspecified atom stereocenters. The summed E-state index contributed by atoms with van der Waals surface area (Å²) in [5.41, 5.74) is 5.36. The average Bonchev–Trinajstić information content (AvgIpc) is 2.37. The maximum Gasteiger partial charge on any atom is 0.160 e. The summed E-state index contributed by atoms with van der Waals surface area (Å²) in [5.74, 6) is 0.357. The molecule has 0 fully saturated rings. The lowest BCUT2D eigenvalue weighted by Gasteiger charge is -2.33. The van der Waals surface area contributed by atoms with Gasteiger partial charge in [-0.05, 0) is 30.7 Å². The minimum Gasteiger partial charge on any atom is -0.504 e. The van der Waals surface area contributed by atoms with Gasteiger partial charge in [0.1, 0.15) is 0 Å². The Hall–Kier alpha value is -1.26. The van der Waals surface area contributed by atoms with Crippen LogP contribution >= 0.6 is 0 Å². The number of aromatic hydroxyl groups is 1. The largest absolute Gasteiger partial charge is 0.504 e. The fraction of sp³-hybridized carbons (Fsp3) is 0.538. The van der Waals surface area contributed by atoms with Gasteiger partial charge in [-0.2, -0.15) is 0 Å². The van der Waals surface area contributed by atoms with Crippen molar-refractivity contribution in [2.75, 3.05) is 13.7 Å². The molecule has 0 amide bonds. The van der Waals surface area contributed by atoms with Crippen molar-refractivity contribution < 1.29 is 14.9 Å². The topological polar surface area (TPSA) is 75.7 Å². The number of methoxy groups -OCH3 is 1. The molecule has 1 rings (SSSR count). The van der Waals surface area contributed by atoms with Gasteiger partial charge >= 0.3 is 0 Å². The lowest BCUT2D eigenvalue weighted by molar-refractivity contribution is -0.0177. The molecule has 0 aliphatic carbocycles. The Balaban J connectivity index is 3.20. The highest BCUT2D eigenvalue weighted by Gasteiger charge is 2.33. The summed E-state index contributed by atoms with van der Waals surface area (Å²) in [6.45, 7) is 4.21. The second-order valence-corrected chi connectivity index (χ2v) is 4.30. The summed E-state index contributed by atoms with van der Waals surface area (Å²) in [5, 5.41) is 20.2. The van der Waals surface area contributed by atoms with E-state index in [9.17, 15) is 10.2 Å². The van der Waals surface area contributed by atoms with Crippen LogP contribution in [0.5, 0.6) is 11.5 Å². The predicted octanol–water partition coefficient (Wildman–Crippen LogP) is 1.59. The molecule has 0 saturated heterocycles. The van der Waals surface area contributed by atoms with E-state index in [-0.39, 0.29) is 11.7 Å². The second kappa shape index (κ2) is 5.38. The molecular formula is C13H21NO3. The Morgan fingerprint density at radius 3 is 2.59 bits per heavy atom. The van der Waals surface area contributed by atoms with E-state index in [0.29, 0.717) is 24.3 Å². The highest BCUT2D eigenvalue weighted by molar-refractivity contribution is 5.43. The number of ether oxygens (including phenoxy) is 1. The van der Waals surface area contributed by atoms with E-state index in [2.05, 4.69) is 0 Å². The molecule has 0 saturated carbocycles. The number of nitrogens with two attached hydrogens (primary N) is 1. The molecule has 0 radical (unpaired) electrons. The molecule has 0 aliphatic heterocycles. The lowest BCUT2D eigenvalue weighted by atomic mass is 9.80. The summed E-state index contributed by atoms with van der Waals surface area (Å²) in [7, 11) is 1.48. The van der Waals surface area contributed by atoms with Gasteiger partial charge in [-0.15, -0.1) is 0 Å². The highest BCUT2D eigenvalue weighted by atomic mass is 16.5.